The van der Waals surface area contributed by atoms with Crippen molar-refractivity contribution in [2.75, 3.05) is 26.3 Å². The molecular weight excluding hydrogens is 386 g/mol. The zero-order valence-electron chi connectivity index (χ0n) is 17.4. The molecule has 2 saturated heterocycles. The van der Waals surface area contributed by atoms with Crippen LogP contribution in [0, 0.1) is 0 Å². The van der Waals surface area contributed by atoms with Crippen LogP contribution in [0.1, 0.15) is 48.1 Å². The van der Waals surface area contributed by atoms with E-state index < -0.39 is 0 Å². The molecule has 1 amide bonds. The molecule has 10 nitrogen and oxygen atoms in total. The van der Waals surface area contributed by atoms with Gasteiger partial charge in [0.15, 0.2) is 0 Å². The second kappa shape index (κ2) is 8.09. The van der Waals surface area contributed by atoms with Crippen molar-refractivity contribution >= 4 is 5.91 Å². The molecule has 1 spiro atoms. The molecule has 30 heavy (non-hydrogen) atoms. The van der Waals surface area contributed by atoms with Gasteiger partial charge in [0.1, 0.15) is 17.0 Å². The molecule has 1 N–H and O–H groups in total. The fourth-order valence-electron chi connectivity index (χ4n) is 4.85. The lowest BCUT2D eigenvalue weighted by atomic mass is 10.0. The van der Waals surface area contributed by atoms with E-state index in [9.17, 15) is 4.79 Å². The number of hydrogen-bond donors (Lipinski definition) is 1. The first kappa shape index (κ1) is 19.7. The first-order valence-electron chi connectivity index (χ1n) is 10.8. The van der Waals surface area contributed by atoms with Gasteiger partial charge in [-0.1, -0.05) is 5.21 Å². The molecule has 0 bridgehead atoms. The monoisotopic (exact) mass is 415 g/mol. The van der Waals surface area contributed by atoms with Crippen molar-refractivity contribution in [3.63, 3.8) is 0 Å². The van der Waals surface area contributed by atoms with E-state index in [1.54, 1.807) is 16.9 Å². The van der Waals surface area contributed by atoms with Crippen LogP contribution in [0.3, 0.4) is 0 Å². The number of fused-ring (bicyclic) bond motifs is 1. The van der Waals surface area contributed by atoms with Crippen LogP contribution in [0.15, 0.2) is 12.3 Å². The summed E-state index contributed by atoms with van der Waals surface area (Å²) in [5, 5.41) is 15.8. The Labute approximate surface area is 175 Å². The van der Waals surface area contributed by atoms with Crippen LogP contribution in [0.4, 0.5) is 0 Å². The summed E-state index contributed by atoms with van der Waals surface area (Å²) in [5.41, 5.74) is 2.08. The highest BCUT2D eigenvalue weighted by Crippen LogP contribution is 2.34. The Morgan fingerprint density at radius 2 is 2.20 bits per heavy atom. The molecule has 2 aromatic rings. The number of amides is 1. The normalized spacial score (nSPS) is 25.0. The summed E-state index contributed by atoms with van der Waals surface area (Å²) >= 11 is 0. The lowest BCUT2D eigenvalue weighted by Crippen LogP contribution is -2.46. The minimum absolute atomic E-state index is 0.160. The van der Waals surface area contributed by atoms with Crippen LogP contribution in [-0.4, -0.2) is 73.5 Å². The second-order valence-electron chi connectivity index (χ2n) is 8.39. The first-order valence-corrected chi connectivity index (χ1v) is 10.8. The Balaban J connectivity index is 1.21. The Kier molecular flexibility index (Phi) is 5.30. The topological polar surface area (TPSA) is 99.3 Å². The summed E-state index contributed by atoms with van der Waals surface area (Å²) in [6.07, 6.45) is 4.85. The molecule has 5 heterocycles. The Morgan fingerprint density at radius 3 is 3.03 bits per heavy atom. The van der Waals surface area contributed by atoms with Gasteiger partial charge in [0.05, 0.1) is 25.4 Å². The maximum Gasteiger partial charge on any atom is 0.269 e. The molecular formula is C20H29N7O3. The van der Waals surface area contributed by atoms with Crippen LogP contribution in [0.25, 0.3) is 0 Å². The number of carbonyl (C=O) groups excluding carboxylic acids is 1. The molecule has 10 heteroatoms. The van der Waals surface area contributed by atoms with Crippen LogP contribution in [0.2, 0.25) is 0 Å². The Bertz CT molecular complexity index is 904. The van der Waals surface area contributed by atoms with Gasteiger partial charge in [-0.15, -0.1) is 5.10 Å². The average molecular weight is 415 g/mol. The zero-order chi connectivity index (χ0) is 20.6. The SMILES string of the molecule is CCn1nccc1C(=O)NCc1nnn2c1COC1(CCN(C3CCOCC3)C1)C2. The van der Waals surface area contributed by atoms with Crippen LogP contribution in [-0.2, 0) is 35.7 Å². The minimum Gasteiger partial charge on any atom is -0.381 e. The van der Waals surface area contributed by atoms with Gasteiger partial charge >= 0.3 is 0 Å². The van der Waals surface area contributed by atoms with Gasteiger partial charge in [-0.05, 0) is 32.3 Å². The lowest BCUT2D eigenvalue weighted by molar-refractivity contribution is -0.0879. The highest BCUT2D eigenvalue weighted by atomic mass is 16.5. The average Bonchev–Trinajstić information content (AvgIpc) is 3.51. The highest BCUT2D eigenvalue weighted by Gasteiger charge is 2.45. The van der Waals surface area contributed by atoms with Crippen molar-refractivity contribution in [2.24, 2.45) is 0 Å². The van der Waals surface area contributed by atoms with Crippen molar-refractivity contribution < 1.29 is 14.3 Å². The largest absolute Gasteiger partial charge is 0.381 e. The number of rotatable bonds is 5. The number of likely N-dealkylation sites (tertiary alicyclic amines) is 1. The summed E-state index contributed by atoms with van der Waals surface area (Å²) in [6.45, 7) is 7.84. The fourth-order valence-corrected chi connectivity index (χ4v) is 4.85. The molecule has 1 atom stereocenters. The summed E-state index contributed by atoms with van der Waals surface area (Å²) in [6, 6.07) is 2.32. The van der Waals surface area contributed by atoms with Gasteiger partial charge in [0.2, 0.25) is 0 Å². The summed E-state index contributed by atoms with van der Waals surface area (Å²) in [4.78, 5) is 15.0. The predicted molar refractivity (Wildman–Crippen MR) is 107 cm³/mol. The number of ether oxygens (including phenoxy) is 2. The van der Waals surface area contributed by atoms with E-state index in [1.165, 1.54) is 0 Å². The van der Waals surface area contributed by atoms with Crippen molar-refractivity contribution in [1.29, 1.82) is 0 Å². The van der Waals surface area contributed by atoms with Gasteiger partial charge in [-0.2, -0.15) is 5.10 Å². The number of carbonyl (C=O) groups is 1. The smallest absolute Gasteiger partial charge is 0.269 e. The first-order chi connectivity index (χ1) is 14.7. The van der Waals surface area contributed by atoms with E-state index in [4.69, 9.17) is 9.47 Å². The van der Waals surface area contributed by atoms with Crippen molar-refractivity contribution in [3.8, 4) is 0 Å². The maximum absolute atomic E-state index is 12.5. The number of hydrogen-bond acceptors (Lipinski definition) is 7. The lowest BCUT2D eigenvalue weighted by Gasteiger charge is -2.36. The molecule has 2 aromatic heterocycles. The van der Waals surface area contributed by atoms with Crippen molar-refractivity contribution in [2.45, 2.75) is 64.1 Å². The number of nitrogens with zero attached hydrogens (tertiary/aromatic N) is 6. The van der Waals surface area contributed by atoms with E-state index in [1.807, 2.05) is 11.6 Å². The summed E-state index contributed by atoms with van der Waals surface area (Å²) in [5.74, 6) is -0.160. The molecule has 5 rings (SSSR count). The van der Waals surface area contributed by atoms with Gasteiger partial charge < -0.3 is 14.8 Å². The Morgan fingerprint density at radius 1 is 1.33 bits per heavy atom. The Hall–Kier alpha value is -2.30. The van der Waals surface area contributed by atoms with Crippen molar-refractivity contribution in [3.05, 3.63) is 29.3 Å². The molecule has 0 radical (unpaired) electrons. The zero-order valence-corrected chi connectivity index (χ0v) is 17.4. The van der Waals surface area contributed by atoms with E-state index in [0.717, 1.165) is 57.0 Å². The minimum atomic E-state index is -0.187. The van der Waals surface area contributed by atoms with Crippen LogP contribution in [0.5, 0.6) is 0 Å². The van der Waals surface area contributed by atoms with E-state index in [0.29, 0.717) is 38.0 Å². The van der Waals surface area contributed by atoms with Gasteiger partial charge in [-0.3, -0.25) is 14.4 Å². The van der Waals surface area contributed by atoms with Crippen molar-refractivity contribution in [1.82, 2.24) is 35.0 Å². The number of aryl methyl sites for hydroxylation is 1. The summed E-state index contributed by atoms with van der Waals surface area (Å²) < 4.78 is 15.5. The van der Waals surface area contributed by atoms with E-state index in [-0.39, 0.29) is 11.5 Å². The van der Waals surface area contributed by atoms with E-state index >= 15 is 0 Å². The third kappa shape index (κ3) is 3.63. The summed E-state index contributed by atoms with van der Waals surface area (Å²) in [7, 11) is 0. The molecule has 3 aliphatic rings. The van der Waals surface area contributed by atoms with Gasteiger partial charge in [-0.25, -0.2) is 4.68 Å². The quantitative estimate of drug-likeness (QED) is 0.762. The molecule has 0 aromatic carbocycles. The molecule has 0 saturated carbocycles. The predicted octanol–water partition coefficient (Wildman–Crippen LogP) is 0.578. The molecule has 2 fully saturated rings. The van der Waals surface area contributed by atoms with Crippen LogP contribution < -0.4 is 5.32 Å². The molecule has 0 aliphatic carbocycles. The van der Waals surface area contributed by atoms with E-state index in [2.05, 4.69) is 25.6 Å². The van der Waals surface area contributed by atoms with Gasteiger partial charge in [0.25, 0.3) is 5.91 Å². The molecule has 3 aliphatic heterocycles. The molecule has 1 unspecified atom stereocenters. The third-order valence-electron chi connectivity index (χ3n) is 6.59. The maximum atomic E-state index is 12.5. The highest BCUT2D eigenvalue weighted by molar-refractivity contribution is 5.92. The number of nitrogens with one attached hydrogen (secondary N) is 1. The van der Waals surface area contributed by atoms with Gasteiger partial charge in [0, 0.05) is 45.1 Å². The number of aromatic nitrogens is 5. The van der Waals surface area contributed by atoms with Crippen LogP contribution >= 0.6 is 0 Å². The third-order valence-corrected chi connectivity index (χ3v) is 6.59. The standard InChI is InChI=1S/C20H29N7O3/c1-2-26-17(3-7-22-26)19(28)21-11-16-18-12-30-20(14-27(18)24-23-16)6-8-25(13-20)15-4-9-29-10-5-15/h3,7,15H,2,4-6,8-14H2,1H3,(H,21,28). The fraction of sp³-hybridized carbons (Fsp3) is 0.700. The molecule has 162 valence electrons. The second-order valence-corrected chi connectivity index (χ2v) is 8.39.